The van der Waals surface area contributed by atoms with Gasteiger partial charge in [-0.15, -0.1) is 6.58 Å². The van der Waals surface area contributed by atoms with Gasteiger partial charge in [0.05, 0.1) is 5.75 Å². The van der Waals surface area contributed by atoms with Crippen molar-refractivity contribution in [3.63, 3.8) is 0 Å². The number of hydrogen-bond acceptors (Lipinski definition) is 3. The summed E-state index contributed by atoms with van der Waals surface area (Å²) in [5, 5.41) is 2.96. The Bertz CT molecular complexity index is 223. The second kappa shape index (κ2) is 5.29. The molecule has 4 nitrogen and oxygen atoms in total. The molecule has 0 radical (unpaired) electrons. The molecule has 0 spiro atoms. The van der Waals surface area contributed by atoms with Gasteiger partial charge in [0, 0.05) is 6.54 Å². The molecule has 0 aliphatic heterocycles. The Morgan fingerprint density at radius 2 is 2.25 bits per heavy atom. The Hall–Kier alpha value is -0.390. The predicted octanol–water partition coefficient (Wildman–Crippen LogP) is 0.286. The van der Waals surface area contributed by atoms with Crippen molar-refractivity contribution in [1.82, 2.24) is 5.32 Å². The van der Waals surface area contributed by atoms with Gasteiger partial charge in [0.2, 0.25) is 0 Å². The molecule has 1 unspecified atom stereocenters. The first-order valence-electron chi connectivity index (χ1n) is 3.72. The van der Waals surface area contributed by atoms with Crippen molar-refractivity contribution in [1.29, 1.82) is 0 Å². The first-order valence-corrected chi connectivity index (χ1v) is 5.33. The van der Waals surface area contributed by atoms with Crippen molar-refractivity contribution in [3.8, 4) is 0 Å². The molecule has 0 aliphatic carbocycles. The summed E-state index contributed by atoms with van der Waals surface area (Å²) >= 11 is 0. The number of hydrogen-bond donors (Lipinski definition) is 2. The third-order valence-corrected chi connectivity index (χ3v) is 2.27. The van der Waals surface area contributed by atoms with E-state index < -0.39 is 10.1 Å². The monoisotopic (exact) mass is 193 g/mol. The van der Waals surface area contributed by atoms with E-state index in [2.05, 4.69) is 11.9 Å². The highest BCUT2D eigenvalue weighted by Crippen LogP contribution is 1.96. The van der Waals surface area contributed by atoms with E-state index in [9.17, 15) is 8.42 Å². The lowest BCUT2D eigenvalue weighted by atomic mass is 10.2. The van der Waals surface area contributed by atoms with Crippen molar-refractivity contribution < 1.29 is 13.0 Å². The minimum atomic E-state index is -3.83. The van der Waals surface area contributed by atoms with Crippen molar-refractivity contribution >= 4 is 10.1 Å². The van der Waals surface area contributed by atoms with E-state index in [0.717, 1.165) is 0 Å². The van der Waals surface area contributed by atoms with Crippen molar-refractivity contribution in [2.75, 3.05) is 18.8 Å². The fraction of sp³-hybridized carbons (Fsp3) is 0.714. The maximum absolute atomic E-state index is 10.4. The summed E-state index contributed by atoms with van der Waals surface area (Å²) in [5.41, 5.74) is 0. The fourth-order valence-corrected chi connectivity index (χ4v) is 1.69. The molecule has 0 bridgehead atoms. The zero-order chi connectivity index (χ0) is 9.61. The van der Waals surface area contributed by atoms with Crippen LogP contribution >= 0.6 is 0 Å². The Morgan fingerprint density at radius 3 is 2.67 bits per heavy atom. The van der Waals surface area contributed by atoms with Crippen LogP contribution in [0.15, 0.2) is 12.7 Å². The number of rotatable bonds is 6. The van der Waals surface area contributed by atoms with Gasteiger partial charge in [-0.05, 0) is 12.5 Å². The molecule has 72 valence electrons. The molecule has 0 heterocycles. The van der Waals surface area contributed by atoms with E-state index in [1.54, 1.807) is 13.0 Å². The summed E-state index contributed by atoms with van der Waals surface area (Å²) in [6, 6.07) is 0. The van der Waals surface area contributed by atoms with Crippen LogP contribution < -0.4 is 5.32 Å². The molecule has 5 heteroatoms. The molecule has 0 fully saturated rings. The molecule has 2 N–H and O–H groups in total. The van der Waals surface area contributed by atoms with Crippen LogP contribution in [0.5, 0.6) is 0 Å². The van der Waals surface area contributed by atoms with E-state index in [1.165, 1.54) is 0 Å². The lowest BCUT2D eigenvalue weighted by Gasteiger charge is -2.08. The quantitative estimate of drug-likeness (QED) is 0.361. The highest BCUT2D eigenvalue weighted by Gasteiger charge is 2.10. The van der Waals surface area contributed by atoms with Crippen LogP contribution in [-0.2, 0) is 10.1 Å². The van der Waals surface area contributed by atoms with E-state index in [0.29, 0.717) is 13.1 Å². The topological polar surface area (TPSA) is 66.4 Å². The highest BCUT2D eigenvalue weighted by atomic mass is 32.2. The smallest absolute Gasteiger partial charge is 0.265 e. The Morgan fingerprint density at radius 1 is 1.67 bits per heavy atom. The lowest BCUT2D eigenvalue weighted by Crippen LogP contribution is -2.26. The minimum absolute atomic E-state index is 0.0834. The molecule has 0 aromatic carbocycles. The third kappa shape index (κ3) is 7.71. The zero-order valence-corrected chi connectivity index (χ0v) is 7.97. The van der Waals surface area contributed by atoms with Crippen LogP contribution in [0, 0.1) is 5.92 Å². The van der Waals surface area contributed by atoms with Crippen LogP contribution in [0.3, 0.4) is 0 Å². The van der Waals surface area contributed by atoms with Crippen LogP contribution in [-0.4, -0.2) is 31.8 Å². The predicted molar refractivity (Wildman–Crippen MR) is 48.6 cm³/mol. The van der Waals surface area contributed by atoms with Gasteiger partial charge in [-0.1, -0.05) is 13.0 Å². The summed E-state index contributed by atoms with van der Waals surface area (Å²) in [4.78, 5) is 0. The Balaban J connectivity index is 3.60. The van der Waals surface area contributed by atoms with Crippen LogP contribution in [0.1, 0.15) is 6.92 Å². The molecule has 0 aromatic heterocycles. The Labute approximate surface area is 73.4 Å². The average molecular weight is 193 g/mol. The molecular weight excluding hydrogens is 178 g/mol. The van der Waals surface area contributed by atoms with Gasteiger partial charge in [-0.2, -0.15) is 8.42 Å². The highest BCUT2D eigenvalue weighted by molar-refractivity contribution is 7.85. The second-order valence-electron chi connectivity index (χ2n) is 2.80. The van der Waals surface area contributed by atoms with Gasteiger partial charge in [0.25, 0.3) is 10.1 Å². The molecule has 0 saturated heterocycles. The maximum Gasteiger partial charge on any atom is 0.265 e. The van der Waals surface area contributed by atoms with Crippen molar-refractivity contribution in [2.24, 2.45) is 5.92 Å². The van der Waals surface area contributed by atoms with E-state index >= 15 is 0 Å². The van der Waals surface area contributed by atoms with Crippen LogP contribution in [0.4, 0.5) is 0 Å². The standard InChI is InChI=1S/C7H15NO3S/c1-3-4-8-5-7(2)6-12(9,10)11/h3,7-8H,1,4-6H2,2H3,(H,9,10,11). The second-order valence-corrected chi connectivity index (χ2v) is 4.30. The molecule has 0 amide bonds. The van der Waals surface area contributed by atoms with Crippen LogP contribution in [0.25, 0.3) is 0 Å². The minimum Gasteiger partial charge on any atom is -0.313 e. The summed E-state index contributed by atoms with van der Waals surface area (Å²) < 4.78 is 29.2. The molecule has 0 saturated carbocycles. The lowest BCUT2D eigenvalue weighted by molar-refractivity contribution is 0.464. The van der Waals surface area contributed by atoms with Gasteiger partial charge in [0.15, 0.2) is 0 Å². The number of nitrogens with one attached hydrogen (secondary N) is 1. The summed E-state index contributed by atoms with van der Waals surface area (Å²) in [6.07, 6.45) is 1.69. The van der Waals surface area contributed by atoms with Crippen molar-refractivity contribution in [2.45, 2.75) is 6.92 Å². The zero-order valence-electron chi connectivity index (χ0n) is 7.16. The maximum atomic E-state index is 10.4. The summed E-state index contributed by atoms with van der Waals surface area (Å²) in [7, 11) is -3.83. The van der Waals surface area contributed by atoms with Gasteiger partial charge >= 0.3 is 0 Å². The molecular formula is C7H15NO3S. The molecule has 12 heavy (non-hydrogen) atoms. The first-order chi connectivity index (χ1) is 5.45. The van der Waals surface area contributed by atoms with Gasteiger partial charge in [-0.25, -0.2) is 0 Å². The largest absolute Gasteiger partial charge is 0.313 e. The fourth-order valence-electron chi connectivity index (χ4n) is 0.850. The SMILES string of the molecule is C=CCNCC(C)CS(=O)(=O)O. The Kier molecular flexibility index (Phi) is 5.12. The van der Waals surface area contributed by atoms with Crippen LogP contribution in [0.2, 0.25) is 0 Å². The van der Waals surface area contributed by atoms with Gasteiger partial charge in [0.1, 0.15) is 0 Å². The molecule has 0 aromatic rings. The third-order valence-electron chi connectivity index (χ3n) is 1.28. The van der Waals surface area contributed by atoms with E-state index in [-0.39, 0.29) is 11.7 Å². The van der Waals surface area contributed by atoms with Gasteiger partial charge in [-0.3, -0.25) is 4.55 Å². The van der Waals surface area contributed by atoms with E-state index in [1.807, 2.05) is 0 Å². The first kappa shape index (κ1) is 11.6. The molecule has 1 atom stereocenters. The average Bonchev–Trinajstić information content (AvgIpc) is 1.84. The summed E-state index contributed by atoms with van der Waals surface area (Å²) in [5.74, 6) is -0.281. The summed E-state index contributed by atoms with van der Waals surface area (Å²) in [6.45, 7) is 6.47. The molecule has 0 rings (SSSR count). The normalized spacial score (nSPS) is 14.2. The molecule has 0 aliphatic rings. The van der Waals surface area contributed by atoms with Crippen molar-refractivity contribution in [3.05, 3.63) is 12.7 Å². The van der Waals surface area contributed by atoms with E-state index in [4.69, 9.17) is 4.55 Å². The van der Waals surface area contributed by atoms with Gasteiger partial charge < -0.3 is 5.32 Å².